The van der Waals surface area contributed by atoms with Crippen molar-refractivity contribution in [2.75, 3.05) is 0 Å². The number of hydrogen-bond acceptors (Lipinski definition) is 4. The molecular weight excluding hydrogens is 398 g/mol. The maximum atomic E-state index is 10.9. The number of aromatic nitrogens is 1. The van der Waals surface area contributed by atoms with Crippen molar-refractivity contribution >= 4 is 33.5 Å². The minimum Gasteiger partial charge on any atom is -0.506 e. The number of aliphatic imine (C=N–C) groups is 1. The van der Waals surface area contributed by atoms with Gasteiger partial charge in [-0.1, -0.05) is 15.9 Å². The molecule has 0 aliphatic heterocycles. The molecule has 3 aromatic rings. The lowest BCUT2D eigenvalue weighted by atomic mass is 10.2. The predicted octanol–water partition coefficient (Wildman–Crippen LogP) is 5.22. The minimum atomic E-state index is -0.516. The molecule has 0 aliphatic carbocycles. The van der Waals surface area contributed by atoms with Crippen LogP contribution in [0, 0.1) is 24.0 Å². The van der Waals surface area contributed by atoms with Crippen LogP contribution in [0.3, 0.4) is 0 Å². The third kappa shape index (κ3) is 3.52. The second-order valence-corrected chi connectivity index (χ2v) is 6.74. The van der Waals surface area contributed by atoms with Gasteiger partial charge in [-0.2, -0.15) is 0 Å². The third-order valence-corrected chi connectivity index (χ3v) is 4.60. The summed E-state index contributed by atoms with van der Waals surface area (Å²) in [4.78, 5) is 14.6. The first kappa shape index (κ1) is 17.9. The summed E-state index contributed by atoms with van der Waals surface area (Å²) < 4.78 is 3.10. The molecule has 0 spiro atoms. The van der Waals surface area contributed by atoms with Gasteiger partial charge in [-0.25, -0.2) is 0 Å². The molecule has 3 rings (SSSR count). The summed E-state index contributed by atoms with van der Waals surface area (Å²) in [6.45, 7) is 3.97. The van der Waals surface area contributed by atoms with Crippen LogP contribution < -0.4 is 0 Å². The Morgan fingerprint density at radius 1 is 1.15 bits per heavy atom. The standard InChI is InChI=1S/C19H16BrN3O3/c1-12-9-14(13(2)22(12)16-5-3-15(20)4-6-16)11-21-18-10-17(23(25)26)7-8-19(18)24/h3-11,24H,1-2H3. The smallest absolute Gasteiger partial charge is 0.271 e. The van der Waals surface area contributed by atoms with E-state index < -0.39 is 4.92 Å². The number of benzene rings is 2. The van der Waals surface area contributed by atoms with Crippen molar-refractivity contribution in [2.45, 2.75) is 13.8 Å². The summed E-state index contributed by atoms with van der Waals surface area (Å²) in [6, 6.07) is 13.7. The highest BCUT2D eigenvalue weighted by atomic mass is 79.9. The molecule has 0 radical (unpaired) electrons. The Kier molecular flexibility index (Phi) is 4.90. The average Bonchev–Trinajstić information content (AvgIpc) is 2.89. The van der Waals surface area contributed by atoms with Crippen LogP contribution >= 0.6 is 15.9 Å². The van der Waals surface area contributed by atoms with E-state index in [1.165, 1.54) is 18.2 Å². The van der Waals surface area contributed by atoms with Gasteiger partial charge in [-0.3, -0.25) is 15.1 Å². The van der Waals surface area contributed by atoms with Crippen molar-refractivity contribution in [1.82, 2.24) is 4.57 Å². The van der Waals surface area contributed by atoms with E-state index in [0.717, 1.165) is 27.1 Å². The molecule has 1 aromatic heterocycles. The van der Waals surface area contributed by atoms with Crippen molar-refractivity contribution in [2.24, 2.45) is 4.99 Å². The zero-order chi connectivity index (χ0) is 18.8. The first-order valence-corrected chi connectivity index (χ1v) is 8.62. The summed E-state index contributed by atoms with van der Waals surface area (Å²) in [7, 11) is 0. The zero-order valence-electron chi connectivity index (χ0n) is 14.2. The van der Waals surface area contributed by atoms with E-state index in [4.69, 9.17) is 0 Å². The molecular formula is C19H16BrN3O3. The Morgan fingerprint density at radius 3 is 2.50 bits per heavy atom. The summed E-state index contributed by atoms with van der Waals surface area (Å²) in [6.07, 6.45) is 1.61. The van der Waals surface area contributed by atoms with Gasteiger partial charge in [-0.05, 0) is 50.2 Å². The molecule has 1 N–H and O–H groups in total. The fourth-order valence-electron chi connectivity index (χ4n) is 2.77. The highest BCUT2D eigenvalue weighted by molar-refractivity contribution is 9.10. The van der Waals surface area contributed by atoms with Crippen molar-refractivity contribution in [3.8, 4) is 11.4 Å². The number of halogens is 1. The normalized spacial score (nSPS) is 11.2. The Bertz CT molecular complexity index is 1010. The Balaban J connectivity index is 1.98. The van der Waals surface area contributed by atoms with E-state index in [0.29, 0.717) is 0 Å². The second-order valence-electron chi connectivity index (χ2n) is 5.83. The monoisotopic (exact) mass is 413 g/mol. The van der Waals surface area contributed by atoms with Gasteiger partial charge in [0.25, 0.3) is 5.69 Å². The fourth-order valence-corrected chi connectivity index (χ4v) is 3.04. The molecule has 0 saturated heterocycles. The number of phenolic OH excluding ortho intramolecular Hbond substituents is 1. The Hall–Kier alpha value is -2.93. The lowest BCUT2D eigenvalue weighted by Gasteiger charge is -2.09. The van der Waals surface area contributed by atoms with E-state index in [9.17, 15) is 15.2 Å². The molecule has 6 nitrogen and oxygen atoms in total. The molecule has 0 bridgehead atoms. The van der Waals surface area contributed by atoms with Gasteiger partial charge in [0.1, 0.15) is 11.4 Å². The van der Waals surface area contributed by atoms with Crippen LogP contribution in [-0.4, -0.2) is 20.8 Å². The number of hydrogen-bond donors (Lipinski definition) is 1. The largest absolute Gasteiger partial charge is 0.506 e. The van der Waals surface area contributed by atoms with Gasteiger partial charge in [-0.15, -0.1) is 0 Å². The van der Waals surface area contributed by atoms with Gasteiger partial charge < -0.3 is 9.67 Å². The van der Waals surface area contributed by atoms with Gasteiger partial charge in [0, 0.05) is 45.5 Å². The molecule has 0 fully saturated rings. The highest BCUT2D eigenvalue weighted by Crippen LogP contribution is 2.30. The number of non-ortho nitro benzene ring substituents is 1. The molecule has 132 valence electrons. The summed E-state index contributed by atoms with van der Waals surface area (Å²) >= 11 is 3.43. The maximum Gasteiger partial charge on any atom is 0.271 e. The van der Waals surface area contributed by atoms with Crippen molar-refractivity contribution < 1.29 is 10.0 Å². The zero-order valence-corrected chi connectivity index (χ0v) is 15.8. The molecule has 0 atom stereocenters. The number of aromatic hydroxyl groups is 1. The first-order chi connectivity index (χ1) is 12.4. The molecule has 0 unspecified atom stereocenters. The molecule has 0 amide bonds. The third-order valence-electron chi connectivity index (χ3n) is 4.07. The van der Waals surface area contributed by atoms with Gasteiger partial charge in [0.2, 0.25) is 0 Å². The number of phenols is 1. The van der Waals surface area contributed by atoms with E-state index in [1.807, 2.05) is 44.2 Å². The number of rotatable bonds is 4. The van der Waals surface area contributed by atoms with Crippen LogP contribution in [0.15, 0.2) is 58.0 Å². The lowest BCUT2D eigenvalue weighted by molar-refractivity contribution is -0.384. The highest BCUT2D eigenvalue weighted by Gasteiger charge is 2.11. The molecule has 1 heterocycles. The molecule has 2 aromatic carbocycles. The topological polar surface area (TPSA) is 80.7 Å². The van der Waals surface area contributed by atoms with Crippen molar-refractivity contribution in [1.29, 1.82) is 0 Å². The Morgan fingerprint density at radius 2 is 1.85 bits per heavy atom. The molecule has 26 heavy (non-hydrogen) atoms. The molecule has 0 aliphatic rings. The second kappa shape index (κ2) is 7.13. The van der Waals surface area contributed by atoms with Crippen LogP contribution in [0.4, 0.5) is 11.4 Å². The van der Waals surface area contributed by atoms with Gasteiger partial charge in [0.05, 0.1) is 4.92 Å². The van der Waals surface area contributed by atoms with Crippen LogP contribution in [0.1, 0.15) is 17.0 Å². The van der Waals surface area contributed by atoms with Crippen LogP contribution in [0.2, 0.25) is 0 Å². The van der Waals surface area contributed by atoms with E-state index in [2.05, 4.69) is 25.5 Å². The van der Waals surface area contributed by atoms with Crippen LogP contribution in [0.5, 0.6) is 5.75 Å². The van der Waals surface area contributed by atoms with E-state index >= 15 is 0 Å². The summed E-state index contributed by atoms with van der Waals surface area (Å²) in [5.74, 6) is -0.103. The van der Waals surface area contributed by atoms with Gasteiger partial charge >= 0.3 is 0 Å². The van der Waals surface area contributed by atoms with Gasteiger partial charge in [0.15, 0.2) is 0 Å². The number of nitrogens with zero attached hydrogens (tertiary/aromatic N) is 3. The predicted molar refractivity (Wildman–Crippen MR) is 105 cm³/mol. The van der Waals surface area contributed by atoms with E-state index in [1.54, 1.807) is 6.21 Å². The minimum absolute atomic E-state index is 0.103. The van der Waals surface area contributed by atoms with E-state index in [-0.39, 0.29) is 17.1 Å². The summed E-state index contributed by atoms with van der Waals surface area (Å²) in [5, 5.41) is 20.8. The Labute approximate surface area is 158 Å². The fraction of sp³-hybridized carbons (Fsp3) is 0.105. The number of nitro benzene ring substituents is 1. The van der Waals surface area contributed by atoms with Crippen molar-refractivity contribution in [3.05, 3.63) is 80.1 Å². The molecule has 7 heteroatoms. The maximum absolute atomic E-state index is 10.9. The van der Waals surface area contributed by atoms with Crippen LogP contribution in [-0.2, 0) is 0 Å². The first-order valence-electron chi connectivity index (χ1n) is 7.83. The van der Waals surface area contributed by atoms with Crippen LogP contribution in [0.25, 0.3) is 5.69 Å². The SMILES string of the molecule is Cc1cc(C=Nc2cc([N+](=O)[O-])ccc2O)c(C)n1-c1ccc(Br)cc1. The average molecular weight is 414 g/mol. The lowest BCUT2D eigenvalue weighted by Crippen LogP contribution is -1.99. The molecule has 0 saturated carbocycles. The number of aryl methyl sites for hydroxylation is 1. The summed E-state index contributed by atoms with van der Waals surface area (Å²) in [5.41, 5.74) is 3.97. The van der Waals surface area contributed by atoms with Crippen molar-refractivity contribution in [3.63, 3.8) is 0 Å². The quantitative estimate of drug-likeness (QED) is 0.361. The number of nitro groups is 1.